The van der Waals surface area contributed by atoms with Gasteiger partial charge in [-0.3, -0.25) is 0 Å². The molecule has 1 N–H and O–H groups in total. The van der Waals surface area contributed by atoms with Crippen LogP contribution in [0.15, 0.2) is 0 Å². The summed E-state index contributed by atoms with van der Waals surface area (Å²) in [5.41, 5.74) is 0. The number of methoxy groups -OCH3 is 4. The van der Waals surface area contributed by atoms with Crippen molar-refractivity contribution in [1.82, 2.24) is 0 Å². The number of ether oxygens (including phenoxy) is 5. The van der Waals surface area contributed by atoms with Crippen LogP contribution in [-0.4, -0.2) is 70.9 Å². The van der Waals surface area contributed by atoms with Crippen LogP contribution in [-0.2, 0) is 23.7 Å². The minimum Gasteiger partial charge on any atom is -0.382 e. The summed E-state index contributed by atoms with van der Waals surface area (Å²) in [4.78, 5) is 0. The van der Waals surface area contributed by atoms with Gasteiger partial charge in [-0.25, -0.2) is 0 Å². The van der Waals surface area contributed by atoms with E-state index in [0.717, 1.165) is 0 Å². The quantitative estimate of drug-likeness (QED) is 0.664. The third-order valence-corrected chi connectivity index (χ3v) is 2.77. The molecule has 0 spiro atoms. The van der Waals surface area contributed by atoms with Gasteiger partial charge in [0, 0.05) is 28.4 Å². The standard InChI is InChI=1S/C10H20O6/c1-12-5-6(13-2)7-8(14-3)9(15-4)10(11)16-7/h6-11H,5H2,1-4H3/t6-,7+,8-,9+,10-/m0/s1. The summed E-state index contributed by atoms with van der Waals surface area (Å²) >= 11 is 0. The molecule has 1 heterocycles. The molecule has 0 aliphatic carbocycles. The summed E-state index contributed by atoms with van der Waals surface area (Å²) in [5, 5.41) is 9.65. The lowest BCUT2D eigenvalue weighted by atomic mass is 10.1. The monoisotopic (exact) mass is 236 g/mol. The predicted molar refractivity (Wildman–Crippen MR) is 55.1 cm³/mol. The molecule has 0 saturated carbocycles. The maximum absolute atomic E-state index is 9.65. The fraction of sp³-hybridized carbons (Fsp3) is 1.00. The van der Waals surface area contributed by atoms with Crippen LogP contribution in [0.25, 0.3) is 0 Å². The largest absolute Gasteiger partial charge is 0.382 e. The fourth-order valence-corrected chi connectivity index (χ4v) is 1.94. The highest BCUT2D eigenvalue weighted by Crippen LogP contribution is 2.27. The van der Waals surface area contributed by atoms with Gasteiger partial charge in [-0.05, 0) is 0 Å². The van der Waals surface area contributed by atoms with Gasteiger partial charge < -0.3 is 28.8 Å². The average Bonchev–Trinajstić information content (AvgIpc) is 2.61. The van der Waals surface area contributed by atoms with E-state index in [1.165, 1.54) is 7.11 Å². The summed E-state index contributed by atoms with van der Waals surface area (Å²) < 4.78 is 26.1. The van der Waals surface area contributed by atoms with Gasteiger partial charge in [0.1, 0.15) is 24.4 Å². The molecule has 0 amide bonds. The normalized spacial score (nSPS) is 36.6. The Balaban J connectivity index is 2.71. The molecule has 6 heteroatoms. The predicted octanol–water partition coefficient (Wildman–Crippen LogP) is -0.605. The van der Waals surface area contributed by atoms with Gasteiger partial charge in [0.25, 0.3) is 0 Å². The number of hydrogen-bond donors (Lipinski definition) is 1. The topological polar surface area (TPSA) is 66.4 Å². The molecular formula is C10H20O6. The average molecular weight is 236 g/mol. The Bertz CT molecular complexity index is 200. The number of aliphatic hydroxyl groups excluding tert-OH is 1. The molecule has 0 aromatic heterocycles. The molecule has 1 aliphatic heterocycles. The van der Waals surface area contributed by atoms with Crippen LogP contribution in [0, 0.1) is 0 Å². The van der Waals surface area contributed by atoms with Gasteiger partial charge >= 0.3 is 0 Å². The first-order valence-electron chi connectivity index (χ1n) is 5.10. The third kappa shape index (κ3) is 2.71. The van der Waals surface area contributed by atoms with Gasteiger partial charge in [0.2, 0.25) is 0 Å². The lowest BCUT2D eigenvalue weighted by Crippen LogP contribution is -2.43. The maximum atomic E-state index is 9.65. The Labute approximate surface area is 95.4 Å². The number of aliphatic hydroxyl groups is 1. The second-order valence-corrected chi connectivity index (χ2v) is 3.62. The summed E-state index contributed by atoms with van der Waals surface area (Å²) in [5.74, 6) is 0. The summed E-state index contributed by atoms with van der Waals surface area (Å²) in [6, 6.07) is 0. The molecule has 1 aliphatic rings. The van der Waals surface area contributed by atoms with Gasteiger partial charge in [-0.2, -0.15) is 0 Å². The zero-order valence-electron chi connectivity index (χ0n) is 10.1. The zero-order valence-corrected chi connectivity index (χ0v) is 10.1. The molecule has 0 aromatic carbocycles. The lowest BCUT2D eigenvalue weighted by molar-refractivity contribution is -0.160. The van der Waals surface area contributed by atoms with Crippen LogP contribution in [0.4, 0.5) is 0 Å². The molecule has 1 fully saturated rings. The van der Waals surface area contributed by atoms with Crippen LogP contribution >= 0.6 is 0 Å². The first kappa shape index (κ1) is 13.8. The molecule has 96 valence electrons. The first-order valence-corrected chi connectivity index (χ1v) is 5.10. The van der Waals surface area contributed by atoms with E-state index in [2.05, 4.69) is 0 Å². The second-order valence-electron chi connectivity index (χ2n) is 3.62. The lowest BCUT2D eigenvalue weighted by Gasteiger charge is -2.26. The molecule has 0 radical (unpaired) electrons. The molecule has 0 bridgehead atoms. The van der Waals surface area contributed by atoms with Crippen molar-refractivity contribution < 1.29 is 28.8 Å². The molecule has 16 heavy (non-hydrogen) atoms. The molecule has 0 aromatic rings. The summed E-state index contributed by atoms with van der Waals surface area (Å²) in [7, 11) is 6.19. The highest BCUT2D eigenvalue weighted by molar-refractivity contribution is 4.92. The molecule has 1 saturated heterocycles. The van der Waals surface area contributed by atoms with E-state index in [4.69, 9.17) is 23.7 Å². The highest BCUT2D eigenvalue weighted by Gasteiger charge is 2.48. The van der Waals surface area contributed by atoms with E-state index in [1.807, 2.05) is 0 Å². The Kier molecular flexibility index (Phi) is 5.60. The van der Waals surface area contributed by atoms with Gasteiger partial charge in [0.05, 0.1) is 6.61 Å². The van der Waals surface area contributed by atoms with Crippen molar-refractivity contribution in [3.63, 3.8) is 0 Å². The Morgan fingerprint density at radius 1 is 1.12 bits per heavy atom. The van der Waals surface area contributed by atoms with E-state index in [0.29, 0.717) is 6.61 Å². The molecular weight excluding hydrogens is 216 g/mol. The minimum atomic E-state index is -1.01. The Morgan fingerprint density at radius 2 is 1.75 bits per heavy atom. The zero-order chi connectivity index (χ0) is 12.1. The van der Waals surface area contributed by atoms with Gasteiger partial charge in [-0.1, -0.05) is 0 Å². The maximum Gasteiger partial charge on any atom is 0.184 e. The van der Waals surface area contributed by atoms with Gasteiger partial charge in [0.15, 0.2) is 6.29 Å². The fourth-order valence-electron chi connectivity index (χ4n) is 1.94. The van der Waals surface area contributed by atoms with Crippen molar-refractivity contribution in [2.75, 3.05) is 35.0 Å². The van der Waals surface area contributed by atoms with Crippen molar-refractivity contribution in [2.24, 2.45) is 0 Å². The molecule has 1 rings (SSSR count). The third-order valence-electron chi connectivity index (χ3n) is 2.77. The second kappa shape index (κ2) is 6.48. The SMILES string of the molecule is COC[C@H](OC)[C@H]1O[C@H](O)[C@H](OC)[C@H]1OC. The highest BCUT2D eigenvalue weighted by atomic mass is 16.7. The van der Waals surface area contributed by atoms with E-state index in [-0.39, 0.29) is 12.2 Å². The van der Waals surface area contributed by atoms with E-state index < -0.39 is 18.5 Å². The van der Waals surface area contributed by atoms with E-state index in [1.54, 1.807) is 21.3 Å². The number of rotatable bonds is 6. The smallest absolute Gasteiger partial charge is 0.184 e. The van der Waals surface area contributed by atoms with Crippen molar-refractivity contribution in [3.05, 3.63) is 0 Å². The van der Waals surface area contributed by atoms with Crippen LogP contribution in [0.3, 0.4) is 0 Å². The van der Waals surface area contributed by atoms with E-state index in [9.17, 15) is 5.11 Å². The molecule has 5 atom stereocenters. The van der Waals surface area contributed by atoms with Crippen LogP contribution in [0.5, 0.6) is 0 Å². The van der Waals surface area contributed by atoms with Crippen LogP contribution < -0.4 is 0 Å². The summed E-state index contributed by atoms with van der Waals surface area (Å²) in [6.45, 7) is 0.365. The Hall–Kier alpha value is -0.240. The Morgan fingerprint density at radius 3 is 2.19 bits per heavy atom. The van der Waals surface area contributed by atoms with Crippen molar-refractivity contribution >= 4 is 0 Å². The summed E-state index contributed by atoms with van der Waals surface area (Å²) in [6.07, 6.45) is -2.60. The van der Waals surface area contributed by atoms with Crippen molar-refractivity contribution in [2.45, 2.75) is 30.7 Å². The molecule has 0 unspecified atom stereocenters. The van der Waals surface area contributed by atoms with Crippen molar-refractivity contribution in [1.29, 1.82) is 0 Å². The number of hydrogen-bond acceptors (Lipinski definition) is 6. The first-order chi connectivity index (χ1) is 7.69. The van der Waals surface area contributed by atoms with Crippen LogP contribution in [0.2, 0.25) is 0 Å². The van der Waals surface area contributed by atoms with Gasteiger partial charge in [-0.15, -0.1) is 0 Å². The van der Waals surface area contributed by atoms with Crippen molar-refractivity contribution in [3.8, 4) is 0 Å². The van der Waals surface area contributed by atoms with Crippen LogP contribution in [0.1, 0.15) is 0 Å². The molecule has 6 nitrogen and oxygen atoms in total. The van der Waals surface area contributed by atoms with E-state index >= 15 is 0 Å². The minimum absolute atomic E-state index is 0.301.